The van der Waals surface area contributed by atoms with Crippen LogP contribution in [0.2, 0.25) is 0 Å². The normalized spacial score (nSPS) is 33.0. The van der Waals surface area contributed by atoms with Gasteiger partial charge in [0.25, 0.3) is 0 Å². The third-order valence-corrected chi connectivity index (χ3v) is 3.87. The van der Waals surface area contributed by atoms with Crippen LogP contribution >= 0.6 is 0 Å². The maximum atomic E-state index is 5.59. The maximum absolute atomic E-state index is 5.59. The minimum Gasteiger partial charge on any atom is -0.350 e. The molecule has 2 rings (SSSR count). The maximum Gasteiger partial charge on any atom is 0.164 e. The molecule has 0 aromatic carbocycles. The van der Waals surface area contributed by atoms with Crippen LogP contribution in [0.15, 0.2) is 11.1 Å². The highest BCUT2D eigenvalue weighted by Gasteiger charge is 2.40. The fraction of sp³-hybridized carbons (Fsp3) is 0.833. The van der Waals surface area contributed by atoms with Crippen LogP contribution in [0.3, 0.4) is 0 Å². The van der Waals surface area contributed by atoms with E-state index in [2.05, 4.69) is 27.7 Å². The molecular weight excluding hydrogens is 176 g/mol. The predicted molar refractivity (Wildman–Crippen MR) is 56.0 cm³/mol. The van der Waals surface area contributed by atoms with Gasteiger partial charge in [0, 0.05) is 5.92 Å². The lowest BCUT2D eigenvalue weighted by atomic mass is 9.85. The summed E-state index contributed by atoms with van der Waals surface area (Å²) in [6.45, 7) is 10.6. The zero-order chi connectivity index (χ0) is 10.3. The molecule has 2 aliphatic rings. The van der Waals surface area contributed by atoms with Crippen molar-refractivity contribution in [2.75, 3.05) is 13.2 Å². The molecule has 0 amide bonds. The van der Waals surface area contributed by atoms with Crippen molar-refractivity contribution in [3.8, 4) is 0 Å². The topological polar surface area (TPSA) is 18.5 Å². The molecule has 0 aromatic rings. The summed E-state index contributed by atoms with van der Waals surface area (Å²) in [6.07, 6.45) is 1.18. The highest BCUT2D eigenvalue weighted by molar-refractivity contribution is 5.27. The fourth-order valence-corrected chi connectivity index (χ4v) is 2.58. The van der Waals surface area contributed by atoms with Crippen LogP contribution in [-0.4, -0.2) is 19.5 Å². The summed E-state index contributed by atoms with van der Waals surface area (Å²) in [6, 6.07) is 0. The summed E-state index contributed by atoms with van der Waals surface area (Å²) >= 11 is 0. The molecule has 2 nitrogen and oxygen atoms in total. The van der Waals surface area contributed by atoms with Gasteiger partial charge in [0.15, 0.2) is 6.29 Å². The molecule has 1 unspecified atom stereocenters. The molecule has 1 atom stereocenters. The smallest absolute Gasteiger partial charge is 0.164 e. The first-order chi connectivity index (χ1) is 6.52. The van der Waals surface area contributed by atoms with E-state index in [1.807, 2.05) is 0 Å². The predicted octanol–water partition coefficient (Wildman–Crippen LogP) is 2.74. The van der Waals surface area contributed by atoms with Crippen LogP contribution in [0.1, 0.15) is 34.1 Å². The quantitative estimate of drug-likeness (QED) is 0.600. The van der Waals surface area contributed by atoms with Crippen LogP contribution in [0.5, 0.6) is 0 Å². The van der Waals surface area contributed by atoms with E-state index >= 15 is 0 Å². The lowest BCUT2D eigenvalue weighted by molar-refractivity contribution is -0.0764. The van der Waals surface area contributed by atoms with Gasteiger partial charge in [-0.15, -0.1) is 0 Å². The summed E-state index contributed by atoms with van der Waals surface area (Å²) in [7, 11) is 0. The Kier molecular flexibility index (Phi) is 2.44. The summed E-state index contributed by atoms with van der Waals surface area (Å²) in [5.74, 6) is 0.479. The second-order valence-corrected chi connectivity index (χ2v) is 5.11. The average molecular weight is 196 g/mol. The molecule has 80 valence electrons. The molecule has 1 fully saturated rings. The number of rotatable bonds is 1. The number of ether oxygens (including phenoxy) is 2. The largest absolute Gasteiger partial charge is 0.350 e. The fourth-order valence-electron chi connectivity index (χ4n) is 2.58. The summed E-state index contributed by atoms with van der Waals surface area (Å²) in [4.78, 5) is 0. The molecule has 0 N–H and O–H groups in total. The second-order valence-electron chi connectivity index (χ2n) is 5.11. The summed E-state index contributed by atoms with van der Waals surface area (Å²) in [5.41, 5.74) is 3.31. The van der Waals surface area contributed by atoms with Crippen molar-refractivity contribution in [1.29, 1.82) is 0 Å². The van der Waals surface area contributed by atoms with Gasteiger partial charge in [-0.25, -0.2) is 0 Å². The number of hydrogen-bond acceptors (Lipinski definition) is 2. The molecule has 0 bridgehead atoms. The van der Waals surface area contributed by atoms with Crippen LogP contribution < -0.4 is 0 Å². The van der Waals surface area contributed by atoms with Crippen molar-refractivity contribution >= 4 is 0 Å². The van der Waals surface area contributed by atoms with Crippen molar-refractivity contribution in [1.82, 2.24) is 0 Å². The molecule has 0 spiro atoms. The third kappa shape index (κ3) is 1.51. The Labute approximate surface area is 86.3 Å². The van der Waals surface area contributed by atoms with Crippen LogP contribution in [0, 0.1) is 11.3 Å². The first kappa shape index (κ1) is 10.2. The molecule has 1 aliphatic heterocycles. The Morgan fingerprint density at radius 1 is 1.14 bits per heavy atom. The van der Waals surface area contributed by atoms with Gasteiger partial charge in [0.2, 0.25) is 0 Å². The highest BCUT2D eigenvalue weighted by Crippen LogP contribution is 2.47. The van der Waals surface area contributed by atoms with Gasteiger partial charge >= 0.3 is 0 Å². The van der Waals surface area contributed by atoms with E-state index < -0.39 is 0 Å². The Bertz CT molecular complexity index is 259. The minimum absolute atomic E-state index is 0.0201. The number of hydrogen-bond donors (Lipinski definition) is 0. The van der Waals surface area contributed by atoms with Crippen molar-refractivity contribution in [3.63, 3.8) is 0 Å². The van der Waals surface area contributed by atoms with Crippen molar-refractivity contribution in [2.24, 2.45) is 11.3 Å². The van der Waals surface area contributed by atoms with Gasteiger partial charge in [-0.3, -0.25) is 0 Å². The Balaban J connectivity index is 2.17. The van der Waals surface area contributed by atoms with E-state index in [-0.39, 0.29) is 6.29 Å². The van der Waals surface area contributed by atoms with E-state index in [4.69, 9.17) is 9.47 Å². The van der Waals surface area contributed by atoms with E-state index in [0.717, 1.165) is 19.6 Å². The van der Waals surface area contributed by atoms with Gasteiger partial charge in [-0.2, -0.15) is 0 Å². The molecule has 0 radical (unpaired) electrons. The molecule has 14 heavy (non-hydrogen) atoms. The summed E-state index contributed by atoms with van der Waals surface area (Å²) < 4.78 is 11.2. The SMILES string of the molecule is CC1=C(C)C(C)(C)CC1C1OCCO1. The first-order valence-corrected chi connectivity index (χ1v) is 5.43. The van der Waals surface area contributed by atoms with E-state index in [1.165, 1.54) is 11.1 Å². The van der Waals surface area contributed by atoms with Gasteiger partial charge in [-0.05, 0) is 25.7 Å². The average Bonchev–Trinajstić information content (AvgIpc) is 2.69. The third-order valence-electron chi connectivity index (χ3n) is 3.87. The molecule has 1 saturated heterocycles. The Morgan fingerprint density at radius 2 is 1.71 bits per heavy atom. The Morgan fingerprint density at radius 3 is 2.14 bits per heavy atom. The molecule has 1 heterocycles. The molecule has 0 saturated carbocycles. The Hall–Kier alpha value is -0.340. The van der Waals surface area contributed by atoms with E-state index in [9.17, 15) is 0 Å². The molecule has 2 heteroatoms. The van der Waals surface area contributed by atoms with Gasteiger partial charge in [-0.1, -0.05) is 25.0 Å². The lowest BCUT2D eigenvalue weighted by Gasteiger charge is -2.23. The minimum atomic E-state index is 0.0201. The van der Waals surface area contributed by atoms with Crippen molar-refractivity contribution in [2.45, 2.75) is 40.4 Å². The lowest BCUT2D eigenvalue weighted by Crippen LogP contribution is -2.22. The number of allylic oxidation sites excluding steroid dienone is 1. The standard InChI is InChI=1S/C12H20O2/c1-8-9(2)12(3,4)7-10(8)11-13-5-6-14-11/h10-11H,5-7H2,1-4H3. The van der Waals surface area contributed by atoms with E-state index in [0.29, 0.717) is 11.3 Å². The van der Waals surface area contributed by atoms with Gasteiger partial charge < -0.3 is 9.47 Å². The van der Waals surface area contributed by atoms with Crippen LogP contribution in [0.25, 0.3) is 0 Å². The van der Waals surface area contributed by atoms with Gasteiger partial charge in [0.05, 0.1) is 13.2 Å². The highest BCUT2D eigenvalue weighted by atomic mass is 16.7. The summed E-state index contributed by atoms with van der Waals surface area (Å²) in [5, 5.41) is 0. The zero-order valence-corrected chi connectivity index (χ0v) is 9.59. The van der Waals surface area contributed by atoms with E-state index in [1.54, 1.807) is 0 Å². The molecular formula is C12H20O2. The van der Waals surface area contributed by atoms with Gasteiger partial charge in [0.1, 0.15) is 0 Å². The van der Waals surface area contributed by atoms with Crippen LogP contribution in [-0.2, 0) is 9.47 Å². The monoisotopic (exact) mass is 196 g/mol. The zero-order valence-electron chi connectivity index (χ0n) is 9.59. The molecule has 0 aromatic heterocycles. The first-order valence-electron chi connectivity index (χ1n) is 5.43. The van der Waals surface area contributed by atoms with Crippen molar-refractivity contribution in [3.05, 3.63) is 11.1 Å². The van der Waals surface area contributed by atoms with Crippen molar-refractivity contribution < 1.29 is 9.47 Å². The second kappa shape index (κ2) is 3.35. The van der Waals surface area contributed by atoms with Crippen LogP contribution in [0.4, 0.5) is 0 Å². The molecule has 1 aliphatic carbocycles.